The van der Waals surface area contributed by atoms with E-state index >= 15 is 0 Å². The van der Waals surface area contributed by atoms with E-state index in [9.17, 15) is 4.79 Å². The van der Waals surface area contributed by atoms with Crippen molar-refractivity contribution in [2.75, 3.05) is 13.1 Å². The van der Waals surface area contributed by atoms with Gasteiger partial charge in [-0.05, 0) is 25.7 Å². The first-order chi connectivity index (χ1) is 11.6. The fourth-order valence-electron chi connectivity index (χ4n) is 3.20. The monoisotopic (exact) mass is 324 g/mol. The number of hydrogen-bond donors (Lipinski definition) is 0. The Kier molecular flexibility index (Phi) is 5.08. The van der Waals surface area contributed by atoms with E-state index in [2.05, 4.69) is 16.9 Å². The highest BCUT2D eigenvalue weighted by Crippen LogP contribution is 2.21. The molecule has 1 aromatic carbocycles. The minimum Gasteiger partial charge on any atom is -0.342 e. The largest absolute Gasteiger partial charge is 0.342 e. The molecule has 0 spiro atoms. The Morgan fingerprint density at radius 3 is 2.88 bits per heavy atom. The van der Waals surface area contributed by atoms with Crippen LogP contribution < -0.4 is 0 Å². The lowest BCUT2D eigenvalue weighted by Crippen LogP contribution is -2.41. The van der Waals surface area contributed by atoms with Gasteiger partial charge in [-0.3, -0.25) is 9.48 Å². The minimum absolute atomic E-state index is 0.191. The summed E-state index contributed by atoms with van der Waals surface area (Å²) < 4.78 is 1.90. The van der Waals surface area contributed by atoms with Gasteiger partial charge in [-0.15, -0.1) is 5.10 Å². The van der Waals surface area contributed by atoms with Crippen LogP contribution in [0.4, 0.5) is 0 Å². The number of piperidine rings is 1. The van der Waals surface area contributed by atoms with Gasteiger partial charge in [0.25, 0.3) is 0 Å². The summed E-state index contributed by atoms with van der Waals surface area (Å²) in [5.74, 6) is 0.619. The molecule has 0 radical (unpaired) electrons. The average molecular weight is 324 g/mol. The van der Waals surface area contributed by atoms with Crippen LogP contribution in [0.2, 0.25) is 0 Å². The van der Waals surface area contributed by atoms with Gasteiger partial charge in [-0.2, -0.15) is 0 Å². The van der Waals surface area contributed by atoms with E-state index in [1.807, 2.05) is 53.0 Å². The molecule has 24 heavy (non-hydrogen) atoms. The second-order valence-electron chi connectivity index (χ2n) is 6.67. The molecule has 2 heterocycles. The van der Waals surface area contributed by atoms with E-state index in [0.29, 0.717) is 12.3 Å². The fraction of sp³-hybridized carbons (Fsp3) is 0.421. The summed E-state index contributed by atoms with van der Waals surface area (Å²) in [4.78, 5) is 14.2. The van der Waals surface area contributed by atoms with Crippen molar-refractivity contribution in [1.29, 1.82) is 0 Å². The Bertz CT molecular complexity index is 707. The van der Waals surface area contributed by atoms with Crippen LogP contribution >= 0.6 is 0 Å². The molecular weight excluding hydrogens is 300 g/mol. The maximum atomic E-state index is 12.2. The summed E-state index contributed by atoms with van der Waals surface area (Å²) in [7, 11) is 0. The molecule has 1 unspecified atom stereocenters. The Balaban J connectivity index is 1.61. The maximum absolute atomic E-state index is 12.2. The van der Waals surface area contributed by atoms with Gasteiger partial charge in [0.05, 0.1) is 6.20 Å². The molecular formula is C19H24N4O. The van der Waals surface area contributed by atoms with E-state index in [0.717, 1.165) is 49.3 Å². The van der Waals surface area contributed by atoms with Crippen molar-refractivity contribution in [2.45, 2.75) is 32.7 Å². The number of benzene rings is 1. The summed E-state index contributed by atoms with van der Waals surface area (Å²) in [6.45, 7) is 8.20. The van der Waals surface area contributed by atoms with Gasteiger partial charge in [-0.1, -0.05) is 47.7 Å². The number of amides is 1. The molecule has 1 saturated heterocycles. The Hall–Kier alpha value is -2.43. The predicted molar refractivity (Wildman–Crippen MR) is 94.2 cm³/mol. The zero-order valence-electron chi connectivity index (χ0n) is 14.2. The van der Waals surface area contributed by atoms with Crippen molar-refractivity contribution >= 4 is 5.91 Å². The van der Waals surface area contributed by atoms with E-state index in [4.69, 9.17) is 0 Å². The molecule has 3 rings (SSSR count). The molecule has 1 aliphatic rings. The van der Waals surface area contributed by atoms with Crippen LogP contribution in [0.1, 0.15) is 26.2 Å². The van der Waals surface area contributed by atoms with Crippen LogP contribution in [0.5, 0.6) is 0 Å². The zero-order valence-corrected chi connectivity index (χ0v) is 14.2. The van der Waals surface area contributed by atoms with E-state index in [1.54, 1.807) is 0 Å². The second-order valence-corrected chi connectivity index (χ2v) is 6.67. The molecule has 2 aromatic rings. The van der Waals surface area contributed by atoms with Crippen LogP contribution in [0, 0.1) is 5.92 Å². The highest BCUT2D eigenvalue weighted by Gasteiger charge is 2.24. The third kappa shape index (κ3) is 4.10. The zero-order chi connectivity index (χ0) is 16.9. The Morgan fingerprint density at radius 2 is 2.12 bits per heavy atom. The number of carbonyl (C=O) groups is 1. The lowest BCUT2D eigenvalue weighted by molar-refractivity contribution is -0.132. The highest BCUT2D eigenvalue weighted by molar-refractivity contribution is 5.78. The first-order valence-corrected chi connectivity index (χ1v) is 8.49. The third-order valence-electron chi connectivity index (χ3n) is 4.38. The SMILES string of the molecule is C=C(C)CC(=O)N1CCCC(Cn2cc(-c3ccccc3)nn2)C1. The molecule has 1 amide bonds. The van der Waals surface area contributed by atoms with Crippen LogP contribution in [0.25, 0.3) is 11.3 Å². The van der Waals surface area contributed by atoms with E-state index in [-0.39, 0.29) is 5.91 Å². The van der Waals surface area contributed by atoms with Crippen molar-refractivity contribution < 1.29 is 4.79 Å². The highest BCUT2D eigenvalue weighted by atomic mass is 16.2. The maximum Gasteiger partial charge on any atom is 0.226 e. The Morgan fingerprint density at radius 1 is 1.33 bits per heavy atom. The normalized spacial score (nSPS) is 17.7. The molecule has 1 atom stereocenters. The smallest absolute Gasteiger partial charge is 0.226 e. The first-order valence-electron chi connectivity index (χ1n) is 8.49. The van der Waals surface area contributed by atoms with Crippen LogP contribution in [0.15, 0.2) is 48.7 Å². The predicted octanol–water partition coefficient (Wildman–Crippen LogP) is 3.15. The van der Waals surface area contributed by atoms with E-state index < -0.39 is 0 Å². The summed E-state index contributed by atoms with van der Waals surface area (Å²) in [5, 5.41) is 8.52. The molecule has 1 fully saturated rings. The van der Waals surface area contributed by atoms with Gasteiger partial charge < -0.3 is 4.90 Å². The summed E-state index contributed by atoms with van der Waals surface area (Å²) in [6.07, 6.45) is 4.61. The molecule has 5 heteroatoms. The molecule has 1 aliphatic heterocycles. The standard InChI is InChI=1S/C19H24N4O/c1-15(2)11-19(24)22-10-6-7-16(12-22)13-23-14-18(20-21-23)17-8-4-3-5-9-17/h3-5,8-9,14,16H,1,6-7,10-13H2,2H3. The van der Waals surface area contributed by atoms with Gasteiger partial charge in [0.2, 0.25) is 5.91 Å². The summed E-state index contributed by atoms with van der Waals surface area (Å²) >= 11 is 0. The summed E-state index contributed by atoms with van der Waals surface area (Å²) in [6, 6.07) is 10.1. The van der Waals surface area contributed by atoms with Gasteiger partial charge in [0.15, 0.2) is 0 Å². The van der Waals surface area contributed by atoms with Gasteiger partial charge in [0, 0.05) is 31.6 Å². The lowest BCUT2D eigenvalue weighted by atomic mass is 9.97. The van der Waals surface area contributed by atoms with Crippen molar-refractivity contribution in [1.82, 2.24) is 19.9 Å². The number of hydrogen-bond acceptors (Lipinski definition) is 3. The Labute approximate surface area is 143 Å². The number of likely N-dealkylation sites (tertiary alicyclic amines) is 1. The minimum atomic E-state index is 0.191. The third-order valence-corrected chi connectivity index (χ3v) is 4.38. The van der Waals surface area contributed by atoms with Crippen molar-refractivity contribution in [3.05, 3.63) is 48.7 Å². The molecule has 0 aliphatic carbocycles. The molecule has 126 valence electrons. The second kappa shape index (κ2) is 7.43. The number of carbonyl (C=O) groups excluding carboxylic acids is 1. The van der Waals surface area contributed by atoms with Crippen molar-refractivity contribution in [2.24, 2.45) is 5.92 Å². The van der Waals surface area contributed by atoms with Crippen LogP contribution in [-0.4, -0.2) is 38.9 Å². The first kappa shape index (κ1) is 16.4. The molecule has 5 nitrogen and oxygen atoms in total. The van der Waals surface area contributed by atoms with Crippen LogP contribution in [-0.2, 0) is 11.3 Å². The number of aromatic nitrogens is 3. The van der Waals surface area contributed by atoms with E-state index in [1.165, 1.54) is 0 Å². The molecule has 0 N–H and O–H groups in total. The lowest BCUT2D eigenvalue weighted by Gasteiger charge is -2.32. The fourth-order valence-corrected chi connectivity index (χ4v) is 3.20. The summed E-state index contributed by atoms with van der Waals surface area (Å²) in [5.41, 5.74) is 2.89. The molecule has 0 saturated carbocycles. The van der Waals surface area contributed by atoms with Crippen molar-refractivity contribution in [3.63, 3.8) is 0 Å². The van der Waals surface area contributed by atoms with Crippen molar-refractivity contribution in [3.8, 4) is 11.3 Å². The average Bonchev–Trinajstić information content (AvgIpc) is 3.04. The molecule has 0 bridgehead atoms. The van der Waals surface area contributed by atoms with Crippen LogP contribution in [0.3, 0.4) is 0 Å². The molecule has 1 aromatic heterocycles. The topological polar surface area (TPSA) is 51.0 Å². The van der Waals surface area contributed by atoms with Gasteiger partial charge in [-0.25, -0.2) is 0 Å². The van der Waals surface area contributed by atoms with Gasteiger partial charge in [0.1, 0.15) is 5.69 Å². The number of rotatable bonds is 5. The number of nitrogens with zero attached hydrogens (tertiary/aromatic N) is 4. The quantitative estimate of drug-likeness (QED) is 0.794. The van der Waals surface area contributed by atoms with Gasteiger partial charge >= 0.3 is 0 Å².